The Hall–Kier alpha value is -2.88. The van der Waals surface area contributed by atoms with Gasteiger partial charge in [-0.15, -0.1) is 4.36 Å². The standard InChI is InChI=1S/C36H46ClN3O5S/c1-24(2)18-34(41)38-46(43)17-6-4-5-9-32(44-3)29-13-10-27(29)21-40-22-36(16-7-8-25-19-28(37)12-14-30(25)36)23-45-33-15-11-26(20-31(33)40)35(42)39-46/h5,9,11-12,14-15,19-20,24,27,29,32H,4,6-8,10,13,16-18,21-23H2,1-3H3,(H,38,39,41,42,43)/b9-5+/t27-,29+,32-,36-,46+/m0/s1. The third-order valence-corrected chi connectivity index (χ3v) is 12.2. The zero-order valence-corrected chi connectivity index (χ0v) is 28.7. The Labute approximate surface area is 278 Å². The van der Waals surface area contributed by atoms with E-state index in [-0.39, 0.29) is 35.5 Å². The van der Waals surface area contributed by atoms with E-state index in [0.717, 1.165) is 61.7 Å². The van der Waals surface area contributed by atoms with Gasteiger partial charge in [0.1, 0.15) is 15.7 Å². The van der Waals surface area contributed by atoms with Crippen molar-refractivity contribution in [2.45, 2.75) is 76.7 Å². The minimum atomic E-state index is -3.33. The van der Waals surface area contributed by atoms with E-state index in [1.165, 1.54) is 11.1 Å². The fourth-order valence-corrected chi connectivity index (χ4v) is 9.51. The van der Waals surface area contributed by atoms with Crippen molar-refractivity contribution in [3.63, 3.8) is 0 Å². The number of ether oxygens (including phenoxy) is 2. The molecule has 2 aromatic carbocycles. The van der Waals surface area contributed by atoms with Crippen LogP contribution < -0.4 is 14.4 Å². The molecule has 2 aliphatic carbocycles. The van der Waals surface area contributed by atoms with E-state index in [4.69, 9.17) is 21.1 Å². The fourth-order valence-electron chi connectivity index (χ4n) is 7.70. The number of carbonyl (C=O) groups is 2. The van der Waals surface area contributed by atoms with E-state index in [1.807, 2.05) is 32.0 Å². The minimum absolute atomic E-state index is 0.0198. The second-order valence-electron chi connectivity index (χ2n) is 13.9. The first-order chi connectivity index (χ1) is 22.1. The van der Waals surface area contributed by atoms with Gasteiger partial charge in [0.25, 0.3) is 5.91 Å². The Morgan fingerprint density at radius 2 is 2.07 bits per heavy atom. The van der Waals surface area contributed by atoms with Crippen molar-refractivity contribution in [1.29, 1.82) is 0 Å². The summed E-state index contributed by atoms with van der Waals surface area (Å²) >= 11 is 6.43. The van der Waals surface area contributed by atoms with Crippen LogP contribution in [-0.2, 0) is 31.3 Å². The van der Waals surface area contributed by atoms with Gasteiger partial charge in [0.15, 0.2) is 0 Å². The molecule has 0 radical (unpaired) electrons. The number of aryl methyl sites for hydroxylation is 1. The summed E-state index contributed by atoms with van der Waals surface area (Å²) in [6, 6.07) is 11.6. The van der Waals surface area contributed by atoms with Gasteiger partial charge in [-0.25, -0.2) is 4.21 Å². The molecule has 2 heterocycles. The van der Waals surface area contributed by atoms with E-state index >= 15 is 0 Å². The number of methoxy groups -OCH3 is 1. The summed E-state index contributed by atoms with van der Waals surface area (Å²) < 4.78 is 33.5. The first-order valence-electron chi connectivity index (χ1n) is 16.7. The summed E-state index contributed by atoms with van der Waals surface area (Å²) in [5.41, 5.74) is 3.50. The van der Waals surface area contributed by atoms with Gasteiger partial charge in [0.2, 0.25) is 5.91 Å². The van der Waals surface area contributed by atoms with Crippen LogP contribution in [0.2, 0.25) is 5.02 Å². The van der Waals surface area contributed by atoms with E-state index in [1.54, 1.807) is 13.2 Å². The fraction of sp³-hybridized carbons (Fsp3) is 0.556. The number of nitrogens with zero attached hydrogens (tertiary/aromatic N) is 2. The van der Waals surface area contributed by atoms with Gasteiger partial charge in [-0.1, -0.05) is 43.7 Å². The number of rotatable bonds is 4. The van der Waals surface area contributed by atoms with Crippen LogP contribution in [0.4, 0.5) is 5.69 Å². The molecule has 5 atom stereocenters. The topological polar surface area (TPSA) is 97.3 Å². The number of carbonyl (C=O) groups excluding carboxylic acids is 2. The maximum absolute atomic E-state index is 14.0. The first kappa shape index (κ1) is 33.0. The number of fused-ring (bicyclic) bond motifs is 4. The van der Waals surface area contributed by atoms with Crippen LogP contribution in [0.3, 0.4) is 0 Å². The Balaban J connectivity index is 1.42. The molecule has 2 bridgehead atoms. The van der Waals surface area contributed by atoms with Crippen LogP contribution in [0, 0.1) is 17.8 Å². The maximum atomic E-state index is 14.0. The summed E-state index contributed by atoms with van der Waals surface area (Å²) in [4.78, 5) is 28.8. The molecule has 1 fully saturated rings. The van der Waals surface area contributed by atoms with Crippen LogP contribution in [-0.4, -0.2) is 54.7 Å². The number of hydrogen-bond donors (Lipinski definition) is 1. The van der Waals surface area contributed by atoms with Crippen LogP contribution in [0.25, 0.3) is 0 Å². The summed E-state index contributed by atoms with van der Waals surface area (Å²) in [7, 11) is -1.57. The SMILES string of the molecule is CO[C@H]1/C=C/CCC[S@@](=O)(NC(=O)CC(C)C)=NC(=O)c2ccc3c(c2)N(C[C@@H]2CC[C@H]21)C[C@@]1(CCCc2cc(Cl)ccc21)CO3. The number of hydrogen-bond acceptors (Lipinski definition) is 6. The molecule has 6 rings (SSSR count). The molecule has 10 heteroatoms. The third kappa shape index (κ3) is 7.02. The number of benzene rings is 2. The number of amides is 2. The number of halogens is 1. The molecule has 8 nitrogen and oxygen atoms in total. The Kier molecular flexibility index (Phi) is 9.83. The highest BCUT2D eigenvalue weighted by atomic mass is 35.5. The molecule has 2 aromatic rings. The molecule has 0 aromatic heterocycles. The van der Waals surface area contributed by atoms with Crippen molar-refractivity contribution in [3.05, 3.63) is 70.3 Å². The summed E-state index contributed by atoms with van der Waals surface area (Å²) in [6.45, 7) is 5.91. The van der Waals surface area contributed by atoms with Gasteiger partial charge in [0.05, 0.1) is 24.2 Å². The van der Waals surface area contributed by atoms with Crippen molar-refractivity contribution >= 4 is 39.0 Å². The quantitative estimate of drug-likeness (QED) is 0.357. The number of allylic oxidation sites excluding steroid dienone is 1. The molecular weight excluding hydrogens is 622 g/mol. The zero-order chi connectivity index (χ0) is 32.5. The molecule has 0 unspecified atom stereocenters. The molecule has 4 aliphatic rings. The average molecular weight is 668 g/mol. The first-order valence-corrected chi connectivity index (χ1v) is 18.7. The van der Waals surface area contributed by atoms with Crippen LogP contribution >= 0.6 is 11.6 Å². The van der Waals surface area contributed by atoms with Gasteiger partial charge < -0.3 is 14.4 Å². The Morgan fingerprint density at radius 3 is 2.83 bits per heavy atom. The summed E-state index contributed by atoms with van der Waals surface area (Å²) in [5, 5.41) is 0.749. The lowest BCUT2D eigenvalue weighted by atomic mass is 9.68. The predicted molar refractivity (Wildman–Crippen MR) is 183 cm³/mol. The molecule has 248 valence electrons. The lowest BCUT2D eigenvalue weighted by Gasteiger charge is -2.46. The lowest BCUT2D eigenvalue weighted by molar-refractivity contribution is -0.119. The summed E-state index contributed by atoms with van der Waals surface area (Å²) in [5.74, 6) is 0.715. The average Bonchev–Trinajstić information content (AvgIpc) is 3.14. The van der Waals surface area contributed by atoms with Gasteiger partial charge in [-0.05, 0) is 104 Å². The van der Waals surface area contributed by atoms with Gasteiger partial charge in [-0.3, -0.25) is 14.3 Å². The number of anilines is 1. The molecule has 2 aliphatic heterocycles. The van der Waals surface area contributed by atoms with Crippen LogP contribution in [0.15, 0.2) is 52.9 Å². The highest BCUT2D eigenvalue weighted by molar-refractivity contribution is 7.92. The molecule has 0 saturated heterocycles. The monoisotopic (exact) mass is 667 g/mol. The summed E-state index contributed by atoms with van der Waals surface area (Å²) in [6.07, 6.45) is 10.8. The molecule has 1 saturated carbocycles. The smallest absolute Gasteiger partial charge is 0.286 e. The van der Waals surface area contributed by atoms with Crippen LogP contribution in [0.1, 0.15) is 80.3 Å². The normalized spacial score (nSPS) is 30.2. The lowest BCUT2D eigenvalue weighted by Crippen LogP contribution is -2.49. The largest absolute Gasteiger partial charge is 0.490 e. The van der Waals surface area contributed by atoms with Crippen molar-refractivity contribution in [2.75, 3.05) is 37.5 Å². The Morgan fingerprint density at radius 1 is 1.22 bits per heavy atom. The highest BCUT2D eigenvalue weighted by Gasteiger charge is 2.44. The van der Waals surface area contributed by atoms with E-state index in [9.17, 15) is 13.8 Å². The number of nitrogens with one attached hydrogen (secondary N) is 1. The zero-order valence-electron chi connectivity index (χ0n) is 27.1. The van der Waals surface area contributed by atoms with Crippen molar-refractivity contribution in [1.82, 2.24) is 4.72 Å². The van der Waals surface area contributed by atoms with Gasteiger partial charge >= 0.3 is 0 Å². The van der Waals surface area contributed by atoms with Crippen molar-refractivity contribution in [2.24, 2.45) is 22.1 Å². The molecule has 1 N–H and O–H groups in total. The van der Waals surface area contributed by atoms with Gasteiger partial charge in [0, 0.05) is 42.6 Å². The molecular formula is C36H46ClN3O5S. The van der Waals surface area contributed by atoms with Gasteiger partial charge in [-0.2, -0.15) is 0 Å². The molecule has 46 heavy (non-hydrogen) atoms. The van der Waals surface area contributed by atoms with E-state index < -0.39 is 15.8 Å². The Bertz CT molecular complexity index is 1630. The minimum Gasteiger partial charge on any atom is -0.490 e. The second-order valence-corrected chi connectivity index (χ2v) is 16.4. The predicted octanol–water partition coefficient (Wildman–Crippen LogP) is 6.89. The maximum Gasteiger partial charge on any atom is 0.286 e. The van der Waals surface area contributed by atoms with E-state index in [0.29, 0.717) is 36.8 Å². The third-order valence-electron chi connectivity index (χ3n) is 10.1. The van der Waals surface area contributed by atoms with Crippen molar-refractivity contribution < 1.29 is 23.3 Å². The highest BCUT2D eigenvalue weighted by Crippen LogP contribution is 2.47. The molecule has 2 amide bonds. The van der Waals surface area contributed by atoms with E-state index in [2.05, 4.69) is 38.3 Å². The van der Waals surface area contributed by atoms with Crippen LogP contribution in [0.5, 0.6) is 5.75 Å². The second kappa shape index (κ2) is 13.7. The molecule has 1 spiro atoms. The van der Waals surface area contributed by atoms with Crippen molar-refractivity contribution in [3.8, 4) is 5.75 Å².